The summed E-state index contributed by atoms with van der Waals surface area (Å²) >= 11 is 0. The van der Waals surface area contributed by atoms with Gasteiger partial charge in [-0.2, -0.15) is 43.9 Å². The lowest BCUT2D eigenvalue weighted by molar-refractivity contribution is -0.438. The first kappa shape index (κ1) is 19.7. The topological polar surface area (TPSA) is 35.5 Å². The Morgan fingerprint density at radius 3 is 1.38 bits per heavy atom. The van der Waals surface area contributed by atoms with Crippen molar-refractivity contribution in [1.29, 1.82) is 0 Å². The van der Waals surface area contributed by atoms with E-state index in [0.29, 0.717) is 0 Å². The minimum absolute atomic E-state index is 0.0619. The maximum absolute atomic E-state index is 12.9. The van der Waals surface area contributed by atoms with Crippen LogP contribution in [-0.2, 0) is 14.3 Å². The van der Waals surface area contributed by atoms with Gasteiger partial charge < -0.3 is 9.47 Å². The summed E-state index contributed by atoms with van der Waals surface area (Å²) in [6.45, 7) is 0. The van der Waals surface area contributed by atoms with Crippen molar-refractivity contribution in [3.63, 3.8) is 0 Å². The van der Waals surface area contributed by atoms with Gasteiger partial charge in [0.1, 0.15) is 0 Å². The van der Waals surface area contributed by atoms with Gasteiger partial charge in [0.15, 0.2) is 0 Å². The van der Waals surface area contributed by atoms with Gasteiger partial charge in [-0.15, -0.1) is 0 Å². The fourth-order valence-corrected chi connectivity index (χ4v) is 0.962. The van der Waals surface area contributed by atoms with E-state index in [1.54, 1.807) is 0 Å². The van der Waals surface area contributed by atoms with Crippen LogP contribution in [0.2, 0.25) is 0 Å². The van der Waals surface area contributed by atoms with Gasteiger partial charge in [-0.25, -0.2) is 4.79 Å². The van der Waals surface area contributed by atoms with E-state index >= 15 is 0 Å². The van der Waals surface area contributed by atoms with Crippen LogP contribution in [0.5, 0.6) is 0 Å². The second kappa shape index (κ2) is 5.18. The molecule has 0 rings (SSSR count). The van der Waals surface area contributed by atoms with Crippen LogP contribution >= 0.6 is 0 Å². The molecule has 0 atom stereocenters. The van der Waals surface area contributed by atoms with Crippen LogP contribution in [0.1, 0.15) is 0 Å². The number of esters is 1. The molecular formula is C8H6F10O3. The van der Waals surface area contributed by atoms with E-state index in [-0.39, 0.29) is 14.2 Å². The fourth-order valence-electron chi connectivity index (χ4n) is 0.962. The molecule has 13 heteroatoms. The van der Waals surface area contributed by atoms with Crippen molar-refractivity contribution in [2.75, 3.05) is 14.2 Å². The third kappa shape index (κ3) is 2.51. The Labute approximate surface area is 109 Å². The second-order valence-electron chi connectivity index (χ2n) is 3.51. The maximum Gasteiger partial charge on any atom is 0.425 e. The normalized spacial score (nSPS) is 15.0. The number of halogens is 10. The highest BCUT2D eigenvalue weighted by molar-refractivity contribution is 5.79. The molecule has 0 aromatic heterocycles. The van der Waals surface area contributed by atoms with Gasteiger partial charge in [-0.3, -0.25) is 0 Å². The second-order valence-corrected chi connectivity index (χ2v) is 3.51. The molecule has 0 radical (unpaired) electrons. The maximum atomic E-state index is 12.9. The highest BCUT2D eigenvalue weighted by Crippen LogP contribution is 2.57. The van der Waals surface area contributed by atoms with Crippen LogP contribution in [0.25, 0.3) is 0 Å². The van der Waals surface area contributed by atoms with Crippen molar-refractivity contribution >= 4 is 5.97 Å². The van der Waals surface area contributed by atoms with Crippen LogP contribution in [0, 0.1) is 0 Å². The zero-order chi connectivity index (χ0) is 17.5. The number of ether oxygens (including phenoxy) is 2. The summed E-state index contributed by atoms with van der Waals surface area (Å²) in [5, 5.41) is 0. The molecule has 0 spiro atoms. The first-order valence-electron chi connectivity index (χ1n) is 4.57. The summed E-state index contributed by atoms with van der Waals surface area (Å²) in [5.74, 6) is -31.4. The monoisotopic (exact) mass is 340 g/mol. The molecule has 0 aliphatic rings. The molecule has 0 N–H and O–H groups in total. The minimum Gasteiger partial charge on any atom is -0.464 e. The molecule has 126 valence electrons. The Kier molecular flexibility index (Phi) is 4.86. The van der Waals surface area contributed by atoms with Crippen LogP contribution in [-0.4, -0.2) is 50.0 Å². The molecular weight excluding hydrogens is 334 g/mol. The van der Waals surface area contributed by atoms with Gasteiger partial charge in [0.05, 0.1) is 7.11 Å². The molecule has 3 nitrogen and oxygen atoms in total. The number of carbonyl (C=O) groups is 1. The third-order valence-electron chi connectivity index (χ3n) is 2.25. The highest BCUT2D eigenvalue weighted by atomic mass is 19.4. The smallest absolute Gasteiger partial charge is 0.425 e. The molecule has 0 saturated heterocycles. The molecule has 21 heavy (non-hydrogen) atoms. The summed E-state index contributed by atoms with van der Waals surface area (Å²) in [6, 6.07) is 0. The number of carbonyl (C=O) groups excluding carboxylic acids is 1. The average molecular weight is 340 g/mol. The van der Waals surface area contributed by atoms with Crippen molar-refractivity contribution in [1.82, 2.24) is 0 Å². The van der Waals surface area contributed by atoms with Crippen LogP contribution < -0.4 is 0 Å². The molecule has 0 heterocycles. The van der Waals surface area contributed by atoms with E-state index in [9.17, 15) is 48.7 Å². The van der Waals surface area contributed by atoms with Gasteiger partial charge in [0.25, 0.3) is 0 Å². The highest BCUT2D eigenvalue weighted by Gasteiger charge is 2.88. The average Bonchev–Trinajstić information content (AvgIpc) is 2.36. The Bertz CT molecular complexity index is 405. The zero-order valence-electron chi connectivity index (χ0n) is 10.0. The summed E-state index contributed by atoms with van der Waals surface area (Å²) in [5.41, 5.74) is 0. The lowest BCUT2D eigenvalue weighted by Crippen LogP contribution is -2.69. The van der Waals surface area contributed by atoms with Crippen molar-refractivity contribution in [3.05, 3.63) is 0 Å². The van der Waals surface area contributed by atoms with Crippen LogP contribution in [0.3, 0.4) is 0 Å². The molecule has 0 fully saturated rings. The van der Waals surface area contributed by atoms with E-state index < -0.39 is 35.8 Å². The molecule has 0 saturated carbocycles. The van der Waals surface area contributed by atoms with Crippen molar-refractivity contribution in [2.24, 2.45) is 0 Å². The summed E-state index contributed by atoms with van der Waals surface area (Å²) in [6.07, 6.45) is -6.22. The molecule has 0 aromatic rings. The quantitative estimate of drug-likeness (QED) is 0.551. The van der Waals surface area contributed by atoms with Gasteiger partial charge in [-0.1, -0.05) is 0 Å². The lowest BCUT2D eigenvalue weighted by Gasteiger charge is -2.37. The molecule has 0 aromatic carbocycles. The van der Waals surface area contributed by atoms with Crippen LogP contribution in [0.4, 0.5) is 43.9 Å². The Morgan fingerprint density at radius 2 is 1.10 bits per heavy atom. The van der Waals surface area contributed by atoms with E-state index in [1.165, 1.54) is 0 Å². The standard InChI is InChI=1S/C8H6F10O3/c1-20-3(19)4(9,10)5(11,12)6(13,14)7(15,16)8(17,18)21-2/h1-2H3. The van der Waals surface area contributed by atoms with E-state index in [2.05, 4.69) is 9.47 Å². The Morgan fingerprint density at radius 1 is 0.714 bits per heavy atom. The molecule has 0 aliphatic carbocycles. The SMILES string of the molecule is COC(=O)C(F)(F)C(F)(F)C(F)(F)C(F)(F)C(F)(F)OC. The fraction of sp³-hybridized carbons (Fsp3) is 0.875. The largest absolute Gasteiger partial charge is 0.464 e. The van der Waals surface area contributed by atoms with Gasteiger partial charge in [-0.05, 0) is 0 Å². The Hall–Kier alpha value is -1.27. The zero-order valence-corrected chi connectivity index (χ0v) is 10.0. The number of hydrogen-bond acceptors (Lipinski definition) is 3. The Balaban J connectivity index is 6.06. The van der Waals surface area contributed by atoms with E-state index in [0.717, 1.165) is 0 Å². The minimum atomic E-state index is -7.35. The van der Waals surface area contributed by atoms with Gasteiger partial charge in [0.2, 0.25) is 0 Å². The van der Waals surface area contributed by atoms with E-state index in [1.807, 2.05) is 0 Å². The lowest BCUT2D eigenvalue weighted by atomic mass is 9.98. The van der Waals surface area contributed by atoms with Crippen molar-refractivity contribution in [3.8, 4) is 0 Å². The third-order valence-corrected chi connectivity index (χ3v) is 2.25. The van der Waals surface area contributed by atoms with Crippen molar-refractivity contribution < 1.29 is 58.2 Å². The first-order valence-corrected chi connectivity index (χ1v) is 4.57. The molecule has 0 aliphatic heterocycles. The number of methoxy groups -OCH3 is 2. The summed E-state index contributed by atoms with van der Waals surface area (Å²) < 4.78 is 133. The molecule has 0 amide bonds. The predicted octanol–water partition coefficient (Wildman–Crippen LogP) is 2.94. The number of alkyl halides is 10. The summed E-state index contributed by atoms with van der Waals surface area (Å²) in [7, 11) is -0.188. The van der Waals surface area contributed by atoms with E-state index in [4.69, 9.17) is 0 Å². The first-order chi connectivity index (χ1) is 9.04. The van der Waals surface area contributed by atoms with Crippen LogP contribution in [0.15, 0.2) is 0 Å². The number of hydrogen-bond donors (Lipinski definition) is 0. The predicted molar refractivity (Wildman–Crippen MR) is 43.8 cm³/mol. The number of rotatable bonds is 6. The molecule has 0 bridgehead atoms. The summed E-state index contributed by atoms with van der Waals surface area (Å²) in [4.78, 5) is 10.3. The van der Waals surface area contributed by atoms with Gasteiger partial charge >= 0.3 is 35.8 Å². The van der Waals surface area contributed by atoms with Gasteiger partial charge in [0, 0.05) is 7.11 Å². The van der Waals surface area contributed by atoms with Crippen molar-refractivity contribution in [2.45, 2.75) is 29.8 Å². The molecule has 0 unspecified atom stereocenters.